The Kier molecular flexibility index (Phi) is 1.75. The van der Waals surface area contributed by atoms with Gasteiger partial charge in [-0.3, -0.25) is 15.0 Å². The van der Waals surface area contributed by atoms with Gasteiger partial charge < -0.3 is 5.73 Å². The third-order valence-corrected chi connectivity index (χ3v) is 1.67. The van der Waals surface area contributed by atoms with E-state index < -0.39 is 5.91 Å². The predicted molar refractivity (Wildman–Crippen MR) is 44.1 cm³/mol. The summed E-state index contributed by atoms with van der Waals surface area (Å²) in [6, 6.07) is 0. The number of nitrogens with two attached hydrogens (primary N) is 1. The zero-order valence-electron chi connectivity index (χ0n) is 6.90. The molecule has 1 amide bonds. The van der Waals surface area contributed by atoms with Gasteiger partial charge in [-0.25, -0.2) is 10.5 Å². The lowest BCUT2D eigenvalue weighted by molar-refractivity contribution is -0.347. The van der Waals surface area contributed by atoms with Gasteiger partial charge in [-0.1, -0.05) is 4.98 Å². The van der Waals surface area contributed by atoms with Crippen molar-refractivity contribution in [1.29, 1.82) is 0 Å². The maximum Gasteiger partial charge on any atom is 0.330 e. The number of carbonyl (C=O) groups is 1. The first kappa shape index (κ1) is 8.38. The third-order valence-electron chi connectivity index (χ3n) is 1.67. The fourth-order valence-corrected chi connectivity index (χ4v) is 1.05. The predicted octanol–water partition coefficient (Wildman–Crippen LogP) is -1.53. The molecule has 6 N–H and O–H groups in total. The number of aromatic nitrogens is 4. The topological polar surface area (TPSA) is 131 Å². The largest absolute Gasteiger partial charge is 0.380 e. The number of rotatable bonds is 1. The molecule has 0 aliphatic rings. The van der Waals surface area contributed by atoms with Gasteiger partial charge in [0, 0.05) is 0 Å². The highest BCUT2D eigenvalue weighted by Gasteiger charge is 2.18. The number of hydrogen-bond donors (Lipinski definition) is 4. The van der Waals surface area contributed by atoms with Crippen molar-refractivity contribution in [3.05, 3.63) is 12.2 Å². The zero-order chi connectivity index (χ0) is 10.1. The zero-order valence-corrected chi connectivity index (χ0v) is 6.90. The lowest BCUT2D eigenvalue weighted by Crippen LogP contribution is -2.22. The number of carbonyl (C=O) groups excluding carboxylic acids is 1. The number of imidazole rings is 1. The third kappa shape index (κ3) is 1.13. The SMILES string of the molecule is Nc1nc(C(=O)NO)nc2[nH+]c[nH]c12. The van der Waals surface area contributed by atoms with E-state index in [1.807, 2.05) is 0 Å². The van der Waals surface area contributed by atoms with Gasteiger partial charge in [0.05, 0.1) is 0 Å². The van der Waals surface area contributed by atoms with E-state index in [0.717, 1.165) is 0 Å². The van der Waals surface area contributed by atoms with Crippen LogP contribution in [0.5, 0.6) is 0 Å². The van der Waals surface area contributed by atoms with Crippen molar-refractivity contribution in [2.24, 2.45) is 0 Å². The van der Waals surface area contributed by atoms with E-state index in [2.05, 4.69) is 19.9 Å². The smallest absolute Gasteiger partial charge is 0.330 e. The number of nitrogens with zero attached hydrogens (tertiary/aromatic N) is 2. The lowest BCUT2D eigenvalue weighted by atomic mass is 10.4. The number of H-pyrrole nitrogens is 2. The van der Waals surface area contributed by atoms with Gasteiger partial charge in [-0.15, -0.1) is 0 Å². The summed E-state index contributed by atoms with van der Waals surface area (Å²) in [6.45, 7) is 0. The minimum Gasteiger partial charge on any atom is -0.380 e. The Labute approximate surface area is 77.1 Å². The first-order chi connectivity index (χ1) is 6.72. The van der Waals surface area contributed by atoms with Gasteiger partial charge in [0.2, 0.25) is 5.52 Å². The molecule has 2 heterocycles. The minimum absolute atomic E-state index is 0.134. The Morgan fingerprint density at radius 2 is 2.43 bits per heavy atom. The van der Waals surface area contributed by atoms with Crippen LogP contribution in [0.25, 0.3) is 11.2 Å². The Hall–Kier alpha value is -2.22. The van der Waals surface area contributed by atoms with Crippen LogP contribution in [0.4, 0.5) is 5.82 Å². The normalized spacial score (nSPS) is 10.4. The fraction of sp³-hybridized carbons (Fsp3) is 0. The highest BCUT2D eigenvalue weighted by molar-refractivity contribution is 5.92. The van der Waals surface area contributed by atoms with E-state index in [1.165, 1.54) is 11.8 Å². The summed E-state index contributed by atoms with van der Waals surface area (Å²) >= 11 is 0. The molecule has 0 spiro atoms. The molecule has 2 aromatic rings. The summed E-state index contributed by atoms with van der Waals surface area (Å²) < 4.78 is 0. The molecule has 0 aromatic carbocycles. The Morgan fingerprint density at radius 1 is 1.64 bits per heavy atom. The number of amides is 1. The molecule has 0 bridgehead atoms. The molecule has 8 heteroatoms. The van der Waals surface area contributed by atoms with Crippen LogP contribution in [-0.2, 0) is 0 Å². The van der Waals surface area contributed by atoms with Crippen LogP contribution in [0.2, 0.25) is 0 Å². The van der Waals surface area contributed by atoms with E-state index in [-0.39, 0.29) is 11.6 Å². The molecule has 0 fully saturated rings. The Balaban J connectivity index is 2.64. The molecule has 2 aromatic heterocycles. The van der Waals surface area contributed by atoms with Gasteiger partial charge in [0.15, 0.2) is 12.1 Å². The number of anilines is 1. The van der Waals surface area contributed by atoms with Crippen molar-refractivity contribution < 1.29 is 15.0 Å². The second-order valence-electron chi connectivity index (χ2n) is 2.53. The van der Waals surface area contributed by atoms with Crippen molar-refractivity contribution in [2.75, 3.05) is 5.73 Å². The van der Waals surface area contributed by atoms with Gasteiger partial charge >= 0.3 is 11.6 Å². The van der Waals surface area contributed by atoms with Crippen LogP contribution < -0.4 is 16.2 Å². The number of aromatic amines is 2. The van der Waals surface area contributed by atoms with Gasteiger partial charge in [0.25, 0.3) is 5.82 Å². The number of fused-ring (bicyclic) bond motifs is 1. The van der Waals surface area contributed by atoms with Crippen LogP contribution in [0.15, 0.2) is 6.33 Å². The van der Waals surface area contributed by atoms with Crippen LogP contribution in [0, 0.1) is 0 Å². The monoisotopic (exact) mass is 195 g/mol. The minimum atomic E-state index is -0.812. The highest BCUT2D eigenvalue weighted by atomic mass is 16.5. The molecule has 14 heavy (non-hydrogen) atoms. The van der Waals surface area contributed by atoms with E-state index in [1.54, 1.807) is 0 Å². The Bertz CT molecular complexity index is 492. The first-order valence-electron chi connectivity index (χ1n) is 3.69. The number of nitrogen functional groups attached to an aromatic ring is 1. The van der Waals surface area contributed by atoms with Crippen LogP contribution in [0.1, 0.15) is 10.6 Å². The molecule has 72 valence electrons. The standard InChI is InChI=1S/C6H6N6O2/c7-3-2-4(9-1-8-2)11-5(10-3)6(13)12-14/h1,14H,(H,12,13)(H3,7,8,9,10,11)/p+1. The lowest BCUT2D eigenvalue weighted by Gasteiger charge is -1.94. The molecule has 0 aliphatic carbocycles. The first-order valence-corrected chi connectivity index (χ1v) is 3.69. The van der Waals surface area contributed by atoms with Crippen LogP contribution in [0.3, 0.4) is 0 Å². The summed E-state index contributed by atoms with van der Waals surface area (Å²) in [6.07, 6.45) is 1.51. The molecule has 0 unspecified atom stereocenters. The van der Waals surface area contributed by atoms with Crippen molar-refractivity contribution in [2.45, 2.75) is 0 Å². The summed E-state index contributed by atoms with van der Waals surface area (Å²) in [5, 5.41) is 8.36. The molecule has 0 saturated heterocycles. The summed E-state index contributed by atoms with van der Waals surface area (Å²) in [5.74, 6) is -0.878. The summed E-state index contributed by atoms with van der Waals surface area (Å²) in [7, 11) is 0. The summed E-state index contributed by atoms with van der Waals surface area (Å²) in [5.41, 5.74) is 7.86. The molecule has 0 aliphatic heterocycles. The van der Waals surface area contributed by atoms with E-state index in [0.29, 0.717) is 11.2 Å². The molecule has 0 radical (unpaired) electrons. The Morgan fingerprint density at radius 3 is 3.14 bits per heavy atom. The van der Waals surface area contributed by atoms with Crippen molar-refractivity contribution in [3.8, 4) is 0 Å². The number of hydroxylamine groups is 1. The summed E-state index contributed by atoms with van der Waals surface area (Å²) in [4.78, 5) is 24.0. The molecule has 0 saturated carbocycles. The second-order valence-corrected chi connectivity index (χ2v) is 2.53. The van der Waals surface area contributed by atoms with Crippen molar-refractivity contribution >= 4 is 22.9 Å². The van der Waals surface area contributed by atoms with Crippen molar-refractivity contribution in [3.63, 3.8) is 0 Å². The van der Waals surface area contributed by atoms with Crippen molar-refractivity contribution in [1.82, 2.24) is 20.4 Å². The van der Waals surface area contributed by atoms with Gasteiger partial charge in [0.1, 0.15) is 0 Å². The average molecular weight is 195 g/mol. The fourth-order valence-electron chi connectivity index (χ4n) is 1.05. The van der Waals surface area contributed by atoms with E-state index >= 15 is 0 Å². The molecule has 0 atom stereocenters. The van der Waals surface area contributed by atoms with Crippen LogP contribution >= 0.6 is 0 Å². The maximum absolute atomic E-state index is 11.0. The van der Waals surface area contributed by atoms with Crippen LogP contribution in [-0.4, -0.2) is 26.1 Å². The maximum atomic E-state index is 11.0. The van der Waals surface area contributed by atoms with Gasteiger partial charge in [-0.2, -0.15) is 4.98 Å². The molecular weight excluding hydrogens is 188 g/mol. The van der Waals surface area contributed by atoms with Gasteiger partial charge in [-0.05, 0) is 0 Å². The highest BCUT2D eigenvalue weighted by Crippen LogP contribution is 2.10. The molecule has 2 rings (SSSR count). The number of nitrogens with one attached hydrogen (secondary N) is 3. The molecule has 8 nitrogen and oxygen atoms in total. The van der Waals surface area contributed by atoms with E-state index in [4.69, 9.17) is 10.9 Å². The number of hydrogen-bond acceptors (Lipinski definition) is 5. The average Bonchev–Trinajstić information content (AvgIpc) is 2.64. The molecular formula is C6H7N6O2+. The second kappa shape index (κ2) is 2.92. The van der Waals surface area contributed by atoms with E-state index in [9.17, 15) is 4.79 Å². The quantitative estimate of drug-likeness (QED) is 0.324.